The second-order valence-corrected chi connectivity index (χ2v) is 4.99. The highest BCUT2D eigenvalue weighted by molar-refractivity contribution is 5.93. The van der Waals surface area contributed by atoms with Gasteiger partial charge in [-0.25, -0.2) is 0 Å². The van der Waals surface area contributed by atoms with Crippen LogP contribution in [0.25, 0.3) is 0 Å². The molecule has 0 amide bonds. The summed E-state index contributed by atoms with van der Waals surface area (Å²) in [6, 6.07) is 3.83. The Morgan fingerprint density at radius 2 is 2.00 bits per heavy atom. The number of Topliss-reactive ketones (excluding diaryl/α,β-unsaturated/α-hetero) is 1. The molecule has 1 saturated heterocycles. The molecule has 4 heteroatoms. The summed E-state index contributed by atoms with van der Waals surface area (Å²) in [6.45, 7) is 7.21. The Hall–Kier alpha value is -1.26. The minimum Gasteiger partial charge on any atom is -0.304 e. The molecule has 1 aliphatic heterocycles. The summed E-state index contributed by atoms with van der Waals surface area (Å²) in [5.74, 6) is 0.0770. The van der Waals surface area contributed by atoms with Gasteiger partial charge in [-0.05, 0) is 26.1 Å². The van der Waals surface area contributed by atoms with E-state index in [0.717, 1.165) is 44.8 Å². The zero-order valence-corrected chi connectivity index (χ0v) is 11.2. The van der Waals surface area contributed by atoms with Gasteiger partial charge in [-0.15, -0.1) is 0 Å². The van der Waals surface area contributed by atoms with Crippen LogP contribution in [0.3, 0.4) is 0 Å². The molecule has 0 N–H and O–H groups in total. The predicted octanol–water partition coefficient (Wildman–Crippen LogP) is 1.07. The van der Waals surface area contributed by atoms with E-state index < -0.39 is 0 Å². The number of pyridine rings is 1. The lowest BCUT2D eigenvalue weighted by atomic mass is 10.1. The third kappa shape index (κ3) is 3.62. The molecule has 0 aliphatic carbocycles. The first-order valence-electron chi connectivity index (χ1n) is 6.52. The van der Waals surface area contributed by atoms with Crippen LogP contribution in [0.4, 0.5) is 0 Å². The Labute approximate surface area is 109 Å². The Kier molecular flexibility index (Phi) is 4.44. The largest absolute Gasteiger partial charge is 0.304 e. The molecule has 1 aromatic rings. The third-order valence-corrected chi connectivity index (χ3v) is 3.51. The van der Waals surface area contributed by atoms with Gasteiger partial charge in [0.2, 0.25) is 0 Å². The lowest BCUT2D eigenvalue weighted by Crippen LogP contribution is -2.45. The monoisotopic (exact) mass is 247 g/mol. The SMILES string of the molecule is CC(=O)c1ccc(CCN2CCN(C)CC2)nc1. The van der Waals surface area contributed by atoms with Crippen molar-refractivity contribution in [2.75, 3.05) is 39.8 Å². The average Bonchev–Trinajstić information content (AvgIpc) is 2.38. The van der Waals surface area contributed by atoms with Crippen LogP contribution in [-0.4, -0.2) is 60.3 Å². The minimum absolute atomic E-state index is 0.0770. The maximum atomic E-state index is 11.1. The molecule has 0 radical (unpaired) electrons. The van der Waals surface area contributed by atoms with Crippen molar-refractivity contribution in [1.82, 2.24) is 14.8 Å². The number of piperazine rings is 1. The summed E-state index contributed by atoms with van der Waals surface area (Å²) >= 11 is 0. The van der Waals surface area contributed by atoms with Crippen LogP contribution in [0.15, 0.2) is 18.3 Å². The van der Waals surface area contributed by atoms with Gasteiger partial charge >= 0.3 is 0 Å². The third-order valence-electron chi connectivity index (χ3n) is 3.51. The van der Waals surface area contributed by atoms with Crippen LogP contribution in [0, 0.1) is 0 Å². The number of carbonyl (C=O) groups excluding carboxylic acids is 1. The Morgan fingerprint density at radius 1 is 1.28 bits per heavy atom. The Balaban J connectivity index is 1.81. The minimum atomic E-state index is 0.0770. The van der Waals surface area contributed by atoms with Gasteiger partial charge in [0.25, 0.3) is 0 Å². The van der Waals surface area contributed by atoms with Crippen LogP contribution < -0.4 is 0 Å². The lowest BCUT2D eigenvalue weighted by Gasteiger charge is -2.32. The molecule has 0 atom stereocenters. The molecular formula is C14H21N3O. The number of aromatic nitrogens is 1. The molecule has 0 spiro atoms. The van der Waals surface area contributed by atoms with E-state index in [1.165, 1.54) is 0 Å². The van der Waals surface area contributed by atoms with Crippen molar-refractivity contribution in [3.63, 3.8) is 0 Å². The summed E-state index contributed by atoms with van der Waals surface area (Å²) < 4.78 is 0. The molecule has 0 unspecified atom stereocenters. The number of nitrogens with zero attached hydrogens (tertiary/aromatic N) is 3. The molecule has 2 heterocycles. The van der Waals surface area contributed by atoms with Gasteiger partial charge in [0.1, 0.15) is 0 Å². The van der Waals surface area contributed by atoms with E-state index in [-0.39, 0.29) is 5.78 Å². The highest BCUT2D eigenvalue weighted by Gasteiger charge is 2.13. The van der Waals surface area contributed by atoms with E-state index in [2.05, 4.69) is 21.8 Å². The van der Waals surface area contributed by atoms with Crippen molar-refractivity contribution >= 4 is 5.78 Å². The number of likely N-dealkylation sites (N-methyl/N-ethyl adjacent to an activating group) is 1. The summed E-state index contributed by atoms with van der Waals surface area (Å²) in [5, 5.41) is 0. The van der Waals surface area contributed by atoms with Crippen LogP contribution in [0.2, 0.25) is 0 Å². The predicted molar refractivity (Wildman–Crippen MR) is 71.9 cm³/mol. The van der Waals surface area contributed by atoms with Gasteiger partial charge in [-0.2, -0.15) is 0 Å². The van der Waals surface area contributed by atoms with E-state index >= 15 is 0 Å². The van der Waals surface area contributed by atoms with E-state index in [4.69, 9.17) is 0 Å². The van der Waals surface area contributed by atoms with Crippen LogP contribution in [0.1, 0.15) is 23.0 Å². The fourth-order valence-corrected chi connectivity index (χ4v) is 2.12. The molecule has 18 heavy (non-hydrogen) atoms. The summed E-state index contributed by atoms with van der Waals surface area (Å²) in [4.78, 5) is 20.3. The molecule has 0 saturated carbocycles. The van der Waals surface area contributed by atoms with Crippen molar-refractivity contribution in [2.24, 2.45) is 0 Å². The molecule has 2 rings (SSSR count). The summed E-state index contributed by atoms with van der Waals surface area (Å²) in [6.07, 6.45) is 2.64. The first-order valence-corrected chi connectivity index (χ1v) is 6.52. The second-order valence-electron chi connectivity index (χ2n) is 4.99. The van der Waals surface area contributed by atoms with Crippen LogP contribution in [0.5, 0.6) is 0 Å². The van der Waals surface area contributed by atoms with Crippen molar-refractivity contribution in [3.05, 3.63) is 29.6 Å². The number of rotatable bonds is 4. The van der Waals surface area contributed by atoms with E-state index in [0.29, 0.717) is 5.56 Å². The zero-order chi connectivity index (χ0) is 13.0. The molecule has 98 valence electrons. The second kappa shape index (κ2) is 6.07. The fourth-order valence-electron chi connectivity index (χ4n) is 2.12. The molecular weight excluding hydrogens is 226 g/mol. The lowest BCUT2D eigenvalue weighted by molar-refractivity contribution is 0.101. The number of hydrogen-bond donors (Lipinski definition) is 0. The molecule has 1 aromatic heterocycles. The number of ketones is 1. The standard InChI is InChI=1S/C14H21N3O/c1-12(18)13-3-4-14(15-11-13)5-6-17-9-7-16(2)8-10-17/h3-4,11H,5-10H2,1-2H3. The van der Waals surface area contributed by atoms with Crippen LogP contribution in [-0.2, 0) is 6.42 Å². The quantitative estimate of drug-likeness (QED) is 0.746. The first kappa shape index (κ1) is 13.2. The fraction of sp³-hybridized carbons (Fsp3) is 0.571. The zero-order valence-electron chi connectivity index (χ0n) is 11.2. The molecule has 0 bridgehead atoms. The first-order chi connectivity index (χ1) is 8.65. The van der Waals surface area contributed by atoms with E-state index in [1.54, 1.807) is 13.1 Å². The average molecular weight is 247 g/mol. The normalized spacial score (nSPS) is 17.9. The highest BCUT2D eigenvalue weighted by atomic mass is 16.1. The van der Waals surface area contributed by atoms with Gasteiger partial charge < -0.3 is 9.80 Å². The highest BCUT2D eigenvalue weighted by Crippen LogP contribution is 2.05. The van der Waals surface area contributed by atoms with Gasteiger partial charge in [-0.1, -0.05) is 0 Å². The topological polar surface area (TPSA) is 36.4 Å². The maximum absolute atomic E-state index is 11.1. The molecule has 0 aromatic carbocycles. The molecule has 1 fully saturated rings. The van der Waals surface area contributed by atoms with Crippen LogP contribution >= 0.6 is 0 Å². The Morgan fingerprint density at radius 3 is 2.56 bits per heavy atom. The molecule has 1 aliphatic rings. The van der Waals surface area contributed by atoms with Crippen molar-refractivity contribution in [1.29, 1.82) is 0 Å². The maximum Gasteiger partial charge on any atom is 0.161 e. The van der Waals surface area contributed by atoms with Gasteiger partial charge in [0.15, 0.2) is 5.78 Å². The van der Waals surface area contributed by atoms with E-state index in [9.17, 15) is 4.79 Å². The van der Waals surface area contributed by atoms with Gasteiger partial charge in [-0.3, -0.25) is 9.78 Å². The van der Waals surface area contributed by atoms with Crippen molar-refractivity contribution in [3.8, 4) is 0 Å². The van der Waals surface area contributed by atoms with Gasteiger partial charge in [0, 0.05) is 56.6 Å². The number of carbonyl (C=O) groups is 1. The summed E-state index contributed by atoms with van der Waals surface area (Å²) in [5.41, 5.74) is 1.76. The van der Waals surface area contributed by atoms with E-state index in [1.807, 2.05) is 12.1 Å². The smallest absolute Gasteiger partial charge is 0.161 e. The van der Waals surface area contributed by atoms with Gasteiger partial charge in [0.05, 0.1) is 0 Å². The number of hydrogen-bond acceptors (Lipinski definition) is 4. The molecule has 4 nitrogen and oxygen atoms in total. The van der Waals surface area contributed by atoms with Crippen molar-refractivity contribution in [2.45, 2.75) is 13.3 Å². The van der Waals surface area contributed by atoms with Crippen molar-refractivity contribution < 1.29 is 4.79 Å². The Bertz CT molecular complexity index is 394. The summed E-state index contributed by atoms with van der Waals surface area (Å²) in [7, 11) is 2.17.